The van der Waals surface area contributed by atoms with E-state index in [0.29, 0.717) is 24.2 Å². The second-order valence-electron chi connectivity index (χ2n) is 3.56. The van der Waals surface area contributed by atoms with Crippen LogP contribution in [-0.4, -0.2) is 28.2 Å². The second-order valence-corrected chi connectivity index (χ2v) is 6.15. The molecule has 0 amide bonds. The van der Waals surface area contributed by atoms with Crippen LogP contribution < -0.4 is 10.5 Å². The summed E-state index contributed by atoms with van der Waals surface area (Å²) >= 11 is 3.24. The van der Waals surface area contributed by atoms with E-state index in [0.717, 1.165) is 5.56 Å². The van der Waals surface area contributed by atoms with Crippen molar-refractivity contribution in [2.45, 2.75) is 18.4 Å². The van der Waals surface area contributed by atoms with Crippen LogP contribution in [-0.2, 0) is 21.3 Å². The molecule has 0 unspecified atom stereocenters. The van der Waals surface area contributed by atoms with Crippen LogP contribution in [0.4, 0.5) is 0 Å². The van der Waals surface area contributed by atoms with E-state index in [1.54, 1.807) is 12.1 Å². The van der Waals surface area contributed by atoms with Crippen molar-refractivity contribution in [1.82, 2.24) is 4.72 Å². The fourth-order valence-corrected chi connectivity index (χ4v) is 3.50. The Balaban J connectivity index is 2.78. The Morgan fingerprint density at radius 2 is 2.17 bits per heavy atom. The zero-order valence-corrected chi connectivity index (χ0v) is 12.6. The lowest BCUT2D eigenvalue weighted by atomic mass is 10.2. The normalized spacial score (nSPS) is 11.7. The lowest BCUT2D eigenvalue weighted by molar-refractivity contribution is 0.153. The second kappa shape index (κ2) is 7.20. The summed E-state index contributed by atoms with van der Waals surface area (Å²) in [5, 5.41) is 0. The molecule has 0 atom stereocenters. The number of benzene rings is 1. The topological polar surface area (TPSA) is 81.4 Å². The van der Waals surface area contributed by atoms with Crippen LogP contribution >= 0.6 is 15.9 Å². The molecular weight excluding hydrogens is 320 g/mol. The van der Waals surface area contributed by atoms with E-state index in [2.05, 4.69) is 20.7 Å². The Morgan fingerprint density at radius 3 is 2.72 bits per heavy atom. The van der Waals surface area contributed by atoms with Crippen molar-refractivity contribution in [1.29, 1.82) is 0 Å². The molecule has 1 aromatic rings. The number of halogens is 1. The Bertz CT molecular complexity index is 491. The highest BCUT2D eigenvalue weighted by molar-refractivity contribution is 9.10. The van der Waals surface area contributed by atoms with Gasteiger partial charge in [-0.1, -0.05) is 6.07 Å². The zero-order chi connectivity index (χ0) is 13.6. The first-order chi connectivity index (χ1) is 8.51. The van der Waals surface area contributed by atoms with Crippen molar-refractivity contribution >= 4 is 26.0 Å². The highest BCUT2D eigenvalue weighted by atomic mass is 79.9. The first-order valence-electron chi connectivity index (χ1n) is 5.57. The Labute approximate surface area is 116 Å². The minimum Gasteiger partial charge on any atom is -0.380 e. The van der Waals surface area contributed by atoms with Gasteiger partial charge in [0.05, 0.1) is 11.5 Å². The minimum atomic E-state index is -3.51. The van der Waals surface area contributed by atoms with Crippen molar-refractivity contribution < 1.29 is 13.2 Å². The van der Waals surface area contributed by atoms with Crippen molar-refractivity contribution in [3.63, 3.8) is 0 Å². The van der Waals surface area contributed by atoms with Gasteiger partial charge in [0, 0.05) is 24.2 Å². The van der Waals surface area contributed by atoms with E-state index in [4.69, 9.17) is 10.5 Å². The van der Waals surface area contributed by atoms with Gasteiger partial charge in [0.1, 0.15) is 0 Å². The molecule has 0 fully saturated rings. The summed E-state index contributed by atoms with van der Waals surface area (Å²) in [4.78, 5) is 0.205. The van der Waals surface area contributed by atoms with Gasteiger partial charge in [0.2, 0.25) is 10.0 Å². The van der Waals surface area contributed by atoms with Gasteiger partial charge in [0.25, 0.3) is 0 Å². The maximum absolute atomic E-state index is 12.0. The van der Waals surface area contributed by atoms with E-state index in [9.17, 15) is 8.42 Å². The maximum Gasteiger partial charge on any atom is 0.241 e. The smallest absolute Gasteiger partial charge is 0.241 e. The SMILES string of the molecule is CCOCCNS(=O)(=O)c1ccc(CN)cc1Br. The lowest BCUT2D eigenvalue weighted by Crippen LogP contribution is -2.27. The highest BCUT2D eigenvalue weighted by Crippen LogP contribution is 2.22. The molecule has 18 heavy (non-hydrogen) atoms. The van der Waals surface area contributed by atoms with E-state index < -0.39 is 10.0 Å². The summed E-state index contributed by atoms with van der Waals surface area (Å²) in [5.74, 6) is 0. The van der Waals surface area contributed by atoms with Gasteiger partial charge in [-0.15, -0.1) is 0 Å². The molecule has 0 heterocycles. The Morgan fingerprint density at radius 1 is 1.44 bits per heavy atom. The average molecular weight is 337 g/mol. The number of ether oxygens (including phenoxy) is 1. The van der Waals surface area contributed by atoms with E-state index in [1.165, 1.54) is 6.07 Å². The molecule has 1 aromatic carbocycles. The number of hydrogen-bond acceptors (Lipinski definition) is 4. The summed E-state index contributed by atoms with van der Waals surface area (Å²) < 4.78 is 32.0. The van der Waals surface area contributed by atoms with Gasteiger partial charge >= 0.3 is 0 Å². The molecule has 0 aliphatic heterocycles. The Kier molecular flexibility index (Phi) is 6.24. The summed E-state index contributed by atoms with van der Waals surface area (Å²) in [7, 11) is -3.51. The van der Waals surface area contributed by atoms with Gasteiger partial charge < -0.3 is 10.5 Å². The first kappa shape index (κ1) is 15.6. The fraction of sp³-hybridized carbons (Fsp3) is 0.455. The molecule has 1 rings (SSSR count). The molecule has 0 radical (unpaired) electrons. The van der Waals surface area contributed by atoms with Crippen LogP contribution in [0, 0.1) is 0 Å². The lowest BCUT2D eigenvalue weighted by Gasteiger charge is -2.09. The van der Waals surface area contributed by atoms with Crippen LogP contribution in [0.25, 0.3) is 0 Å². The molecule has 5 nitrogen and oxygen atoms in total. The maximum atomic E-state index is 12.0. The summed E-state index contributed by atoms with van der Waals surface area (Å²) in [6.45, 7) is 3.40. The number of rotatable bonds is 7. The third-order valence-corrected chi connectivity index (χ3v) is 4.70. The first-order valence-corrected chi connectivity index (χ1v) is 7.84. The quantitative estimate of drug-likeness (QED) is 0.733. The zero-order valence-electron chi connectivity index (χ0n) is 10.1. The van der Waals surface area contributed by atoms with Crippen LogP contribution in [0.5, 0.6) is 0 Å². The predicted octanol–water partition coefficient (Wildman–Crippen LogP) is 1.22. The van der Waals surface area contributed by atoms with E-state index in [1.807, 2.05) is 6.92 Å². The number of sulfonamides is 1. The molecule has 0 saturated carbocycles. The van der Waals surface area contributed by atoms with Crippen LogP contribution in [0.2, 0.25) is 0 Å². The van der Waals surface area contributed by atoms with Gasteiger partial charge in [-0.3, -0.25) is 0 Å². The third kappa shape index (κ3) is 4.33. The molecule has 0 bridgehead atoms. The fourth-order valence-electron chi connectivity index (χ4n) is 1.36. The molecule has 102 valence electrons. The van der Waals surface area contributed by atoms with Gasteiger partial charge in [-0.05, 0) is 40.5 Å². The summed E-state index contributed by atoms with van der Waals surface area (Å²) in [6.07, 6.45) is 0. The monoisotopic (exact) mass is 336 g/mol. The van der Waals surface area contributed by atoms with Gasteiger partial charge in [-0.25, -0.2) is 13.1 Å². The van der Waals surface area contributed by atoms with Crippen LogP contribution in [0.3, 0.4) is 0 Å². The summed E-state index contributed by atoms with van der Waals surface area (Å²) in [5.41, 5.74) is 6.36. The van der Waals surface area contributed by atoms with E-state index >= 15 is 0 Å². The standard InChI is InChI=1S/C11H17BrN2O3S/c1-2-17-6-5-14-18(15,16)11-4-3-9(8-13)7-10(11)12/h3-4,7,14H,2,5-6,8,13H2,1H3. The molecule has 0 aliphatic rings. The minimum absolute atomic E-state index is 0.205. The van der Waals surface area contributed by atoms with Crippen molar-refractivity contribution in [3.8, 4) is 0 Å². The average Bonchev–Trinajstić information content (AvgIpc) is 2.34. The predicted molar refractivity (Wildman–Crippen MR) is 73.7 cm³/mol. The third-order valence-electron chi connectivity index (χ3n) is 2.26. The van der Waals surface area contributed by atoms with Crippen LogP contribution in [0.1, 0.15) is 12.5 Å². The Hall–Kier alpha value is -0.470. The molecule has 7 heteroatoms. The number of nitrogens with two attached hydrogens (primary N) is 1. The molecular formula is C11H17BrN2O3S. The summed E-state index contributed by atoms with van der Waals surface area (Å²) in [6, 6.07) is 4.94. The van der Waals surface area contributed by atoms with Gasteiger partial charge in [0.15, 0.2) is 0 Å². The molecule has 0 aliphatic carbocycles. The molecule has 0 spiro atoms. The highest BCUT2D eigenvalue weighted by Gasteiger charge is 2.16. The van der Waals surface area contributed by atoms with Crippen molar-refractivity contribution in [2.24, 2.45) is 5.73 Å². The number of nitrogens with one attached hydrogen (secondary N) is 1. The molecule has 0 aromatic heterocycles. The van der Waals surface area contributed by atoms with E-state index in [-0.39, 0.29) is 11.4 Å². The molecule has 3 N–H and O–H groups in total. The largest absolute Gasteiger partial charge is 0.380 e. The van der Waals surface area contributed by atoms with Crippen LogP contribution in [0.15, 0.2) is 27.6 Å². The van der Waals surface area contributed by atoms with Gasteiger partial charge in [-0.2, -0.15) is 0 Å². The van der Waals surface area contributed by atoms with Crippen molar-refractivity contribution in [2.75, 3.05) is 19.8 Å². The van der Waals surface area contributed by atoms with Crippen molar-refractivity contribution in [3.05, 3.63) is 28.2 Å². The molecule has 0 saturated heterocycles. The number of hydrogen-bond donors (Lipinski definition) is 2.